The summed E-state index contributed by atoms with van der Waals surface area (Å²) in [7, 11) is 0. The van der Waals surface area contributed by atoms with Crippen molar-refractivity contribution in [1.82, 2.24) is 9.88 Å². The number of benzene rings is 1. The number of hydrogen-bond acceptors (Lipinski definition) is 5. The lowest BCUT2D eigenvalue weighted by Gasteiger charge is -2.46. The van der Waals surface area contributed by atoms with Crippen molar-refractivity contribution >= 4 is 17.4 Å². The van der Waals surface area contributed by atoms with Crippen LogP contribution in [0.2, 0.25) is 0 Å². The number of nitriles is 1. The molecule has 2 heterocycles. The molecule has 2 aromatic rings. The molecule has 6 heteroatoms. The molecule has 0 spiro atoms. The first-order chi connectivity index (χ1) is 13.6. The van der Waals surface area contributed by atoms with E-state index in [2.05, 4.69) is 21.3 Å². The van der Waals surface area contributed by atoms with Gasteiger partial charge in [0.25, 0.3) is 0 Å². The Balaban J connectivity index is 1.41. The lowest BCUT2D eigenvalue weighted by Crippen LogP contribution is -2.61. The maximum absolute atomic E-state index is 13.3. The van der Waals surface area contributed by atoms with E-state index in [1.165, 1.54) is 0 Å². The highest BCUT2D eigenvalue weighted by molar-refractivity contribution is 5.90. The van der Waals surface area contributed by atoms with Crippen LogP contribution in [-0.4, -0.2) is 47.5 Å². The second kappa shape index (κ2) is 7.51. The van der Waals surface area contributed by atoms with Crippen molar-refractivity contribution in [3.63, 3.8) is 0 Å². The predicted octanol–water partition coefficient (Wildman–Crippen LogP) is 2.95. The van der Waals surface area contributed by atoms with Gasteiger partial charge in [0.2, 0.25) is 5.91 Å². The third-order valence-corrected chi connectivity index (χ3v) is 5.78. The third-order valence-electron chi connectivity index (χ3n) is 5.78. The van der Waals surface area contributed by atoms with Crippen molar-refractivity contribution in [2.45, 2.75) is 31.7 Å². The topological polar surface area (TPSA) is 72.3 Å². The summed E-state index contributed by atoms with van der Waals surface area (Å²) in [6.45, 7) is 5.03. The van der Waals surface area contributed by atoms with Crippen LogP contribution < -0.4 is 10.2 Å². The molecule has 144 valence electrons. The molecule has 2 fully saturated rings. The molecular formula is C22H25N5O. The zero-order chi connectivity index (χ0) is 19.6. The van der Waals surface area contributed by atoms with Gasteiger partial charge in [0.15, 0.2) is 0 Å². The summed E-state index contributed by atoms with van der Waals surface area (Å²) in [5, 5.41) is 12.4. The molecule has 1 N–H and O–H groups in total. The average molecular weight is 375 g/mol. The minimum Gasteiger partial charge on any atom is -0.371 e. The number of carbonyl (C=O) groups excluding carboxylic acids is 1. The van der Waals surface area contributed by atoms with Crippen molar-refractivity contribution in [2.24, 2.45) is 0 Å². The van der Waals surface area contributed by atoms with Gasteiger partial charge < -0.3 is 15.1 Å². The number of rotatable bonds is 4. The molecule has 1 saturated heterocycles. The Morgan fingerprint density at radius 2 is 1.82 bits per heavy atom. The quantitative estimate of drug-likeness (QED) is 0.890. The lowest BCUT2D eigenvalue weighted by atomic mass is 9.75. The monoisotopic (exact) mass is 375 g/mol. The van der Waals surface area contributed by atoms with E-state index in [1.807, 2.05) is 42.2 Å². The molecule has 1 aromatic heterocycles. The number of pyridine rings is 1. The Bertz CT molecular complexity index is 890. The molecule has 1 aliphatic carbocycles. The van der Waals surface area contributed by atoms with E-state index >= 15 is 0 Å². The van der Waals surface area contributed by atoms with Crippen molar-refractivity contribution in [2.75, 3.05) is 36.4 Å². The zero-order valence-electron chi connectivity index (χ0n) is 16.2. The molecule has 0 radical (unpaired) electrons. The Labute approximate surface area is 165 Å². The molecule has 1 aromatic carbocycles. The van der Waals surface area contributed by atoms with E-state index < -0.39 is 5.54 Å². The molecule has 0 atom stereocenters. The molecule has 2 aliphatic rings. The van der Waals surface area contributed by atoms with Crippen LogP contribution in [0.1, 0.15) is 30.5 Å². The molecule has 0 unspecified atom stereocenters. The third kappa shape index (κ3) is 3.53. The van der Waals surface area contributed by atoms with E-state index in [4.69, 9.17) is 5.26 Å². The zero-order valence-corrected chi connectivity index (χ0v) is 16.2. The van der Waals surface area contributed by atoms with Gasteiger partial charge in [-0.3, -0.25) is 4.79 Å². The number of nitrogens with one attached hydrogen (secondary N) is 1. The van der Waals surface area contributed by atoms with Gasteiger partial charge >= 0.3 is 0 Å². The van der Waals surface area contributed by atoms with Gasteiger partial charge in [-0.25, -0.2) is 4.98 Å². The fourth-order valence-electron chi connectivity index (χ4n) is 3.97. The Hall–Kier alpha value is -3.07. The molecule has 1 amide bonds. The van der Waals surface area contributed by atoms with Crippen LogP contribution in [0.3, 0.4) is 0 Å². The second-order valence-corrected chi connectivity index (χ2v) is 7.67. The van der Waals surface area contributed by atoms with Gasteiger partial charge in [-0.2, -0.15) is 5.26 Å². The van der Waals surface area contributed by atoms with Crippen molar-refractivity contribution in [3.05, 3.63) is 53.7 Å². The van der Waals surface area contributed by atoms with Crippen LogP contribution in [0.5, 0.6) is 0 Å². The summed E-state index contributed by atoms with van der Waals surface area (Å²) in [6.07, 6.45) is 2.76. The summed E-state index contributed by atoms with van der Waals surface area (Å²) >= 11 is 0. The van der Waals surface area contributed by atoms with Crippen molar-refractivity contribution in [1.29, 1.82) is 5.26 Å². The number of carbonyl (C=O) groups is 1. The Morgan fingerprint density at radius 3 is 2.39 bits per heavy atom. The average Bonchev–Trinajstić information content (AvgIpc) is 2.71. The largest absolute Gasteiger partial charge is 0.371 e. The summed E-state index contributed by atoms with van der Waals surface area (Å²) in [4.78, 5) is 22.1. The van der Waals surface area contributed by atoms with E-state index in [1.54, 1.807) is 12.1 Å². The number of amides is 1. The summed E-state index contributed by atoms with van der Waals surface area (Å²) in [5.74, 6) is 1.18. The fraction of sp³-hybridized carbons (Fsp3) is 0.409. The Kier molecular flexibility index (Phi) is 4.91. The van der Waals surface area contributed by atoms with Gasteiger partial charge in [0.1, 0.15) is 11.4 Å². The maximum atomic E-state index is 13.3. The molecular weight excluding hydrogens is 350 g/mol. The molecule has 6 nitrogen and oxygen atoms in total. The first-order valence-electron chi connectivity index (χ1n) is 9.86. The van der Waals surface area contributed by atoms with Crippen molar-refractivity contribution in [3.8, 4) is 6.07 Å². The van der Waals surface area contributed by atoms with Gasteiger partial charge in [0, 0.05) is 37.6 Å². The highest BCUT2D eigenvalue weighted by Crippen LogP contribution is 2.37. The number of hydrogen-bond donors (Lipinski definition) is 1. The highest BCUT2D eigenvalue weighted by Gasteiger charge is 2.46. The van der Waals surface area contributed by atoms with E-state index in [0.717, 1.165) is 49.6 Å². The highest BCUT2D eigenvalue weighted by atomic mass is 16.2. The standard InChI is InChI=1S/C22H25N5O/c1-17-4-2-5-20(24-17)26-12-14-27(15-13-26)21(28)22(10-3-11-22)25-19-8-6-18(16-23)7-9-19/h2,4-9,25H,3,10-15H2,1H3. The van der Waals surface area contributed by atoms with E-state index in [-0.39, 0.29) is 5.91 Å². The van der Waals surface area contributed by atoms with E-state index in [9.17, 15) is 4.79 Å². The first kappa shape index (κ1) is 18.3. The minimum atomic E-state index is -0.502. The lowest BCUT2D eigenvalue weighted by molar-refractivity contribution is -0.139. The number of nitrogens with zero attached hydrogens (tertiary/aromatic N) is 4. The molecule has 0 bridgehead atoms. The molecule has 1 aliphatic heterocycles. The van der Waals surface area contributed by atoms with Crippen LogP contribution in [-0.2, 0) is 4.79 Å². The molecule has 28 heavy (non-hydrogen) atoms. The van der Waals surface area contributed by atoms with E-state index in [0.29, 0.717) is 18.7 Å². The normalized spacial score (nSPS) is 18.1. The van der Waals surface area contributed by atoms with Crippen LogP contribution in [0.25, 0.3) is 0 Å². The smallest absolute Gasteiger partial charge is 0.248 e. The van der Waals surface area contributed by atoms with Gasteiger partial charge in [-0.1, -0.05) is 6.07 Å². The van der Waals surface area contributed by atoms with Crippen molar-refractivity contribution < 1.29 is 4.79 Å². The van der Waals surface area contributed by atoms with Gasteiger partial charge in [-0.15, -0.1) is 0 Å². The van der Waals surface area contributed by atoms with Crippen LogP contribution in [0.15, 0.2) is 42.5 Å². The number of anilines is 2. The fourth-order valence-corrected chi connectivity index (χ4v) is 3.97. The second-order valence-electron chi connectivity index (χ2n) is 7.67. The molecule has 1 saturated carbocycles. The number of piperazine rings is 1. The number of aromatic nitrogens is 1. The Morgan fingerprint density at radius 1 is 1.11 bits per heavy atom. The van der Waals surface area contributed by atoms with Crippen LogP contribution >= 0.6 is 0 Å². The van der Waals surface area contributed by atoms with Crippen LogP contribution in [0.4, 0.5) is 11.5 Å². The molecule has 4 rings (SSSR count). The summed E-state index contributed by atoms with van der Waals surface area (Å²) in [5.41, 5.74) is 2.03. The minimum absolute atomic E-state index is 0.194. The van der Waals surface area contributed by atoms with Gasteiger partial charge in [-0.05, 0) is 62.6 Å². The first-order valence-corrected chi connectivity index (χ1v) is 9.86. The SMILES string of the molecule is Cc1cccc(N2CCN(C(=O)C3(Nc4ccc(C#N)cc4)CCC3)CC2)n1. The number of aryl methyl sites for hydroxylation is 1. The maximum Gasteiger partial charge on any atom is 0.248 e. The predicted molar refractivity (Wildman–Crippen MR) is 109 cm³/mol. The summed E-state index contributed by atoms with van der Waals surface area (Å²) < 4.78 is 0. The summed E-state index contributed by atoms with van der Waals surface area (Å²) in [6, 6.07) is 15.5. The van der Waals surface area contributed by atoms with Gasteiger partial charge in [0.05, 0.1) is 11.6 Å². The van der Waals surface area contributed by atoms with Crippen LogP contribution in [0, 0.1) is 18.3 Å².